The molecule has 16 heavy (non-hydrogen) atoms. The molecule has 0 aromatic carbocycles. The van der Waals surface area contributed by atoms with E-state index < -0.39 is 0 Å². The Hall–Kier alpha value is -1.38. The molecule has 3 heteroatoms. The van der Waals surface area contributed by atoms with E-state index in [1.54, 1.807) is 0 Å². The number of aromatic amines is 1. The maximum atomic E-state index is 4.60. The Labute approximate surface area is 96.3 Å². The van der Waals surface area contributed by atoms with Gasteiger partial charge in [-0.25, -0.2) is 9.97 Å². The van der Waals surface area contributed by atoms with Gasteiger partial charge in [-0.05, 0) is 31.4 Å². The van der Waals surface area contributed by atoms with Crippen LogP contribution in [0.15, 0.2) is 6.07 Å². The number of rotatable bonds is 4. The van der Waals surface area contributed by atoms with Crippen LogP contribution < -0.4 is 0 Å². The van der Waals surface area contributed by atoms with Crippen molar-refractivity contribution in [1.82, 2.24) is 15.0 Å². The van der Waals surface area contributed by atoms with Crippen molar-refractivity contribution in [3.63, 3.8) is 0 Å². The molecule has 0 unspecified atom stereocenters. The number of aryl methyl sites for hydroxylation is 3. The molecule has 0 saturated heterocycles. The monoisotopic (exact) mass is 217 g/mol. The number of imidazole rings is 1. The number of hydrogen-bond acceptors (Lipinski definition) is 2. The van der Waals surface area contributed by atoms with Crippen LogP contribution >= 0.6 is 0 Å². The first-order valence-corrected chi connectivity index (χ1v) is 6.09. The Morgan fingerprint density at radius 1 is 1.25 bits per heavy atom. The van der Waals surface area contributed by atoms with E-state index in [9.17, 15) is 0 Å². The summed E-state index contributed by atoms with van der Waals surface area (Å²) >= 11 is 0. The van der Waals surface area contributed by atoms with Crippen LogP contribution in [0.4, 0.5) is 0 Å². The summed E-state index contributed by atoms with van der Waals surface area (Å²) in [6.45, 7) is 6.43. The van der Waals surface area contributed by atoms with Crippen molar-refractivity contribution in [1.29, 1.82) is 0 Å². The normalized spacial score (nSPS) is 11.2. The number of H-pyrrole nitrogens is 1. The van der Waals surface area contributed by atoms with Gasteiger partial charge in [-0.3, -0.25) is 0 Å². The van der Waals surface area contributed by atoms with Gasteiger partial charge in [-0.2, -0.15) is 0 Å². The summed E-state index contributed by atoms with van der Waals surface area (Å²) in [5.41, 5.74) is 4.39. The number of nitrogens with zero attached hydrogens (tertiary/aromatic N) is 2. The Morgan fingerprint density at radius 3 is 2.75 bits per heavy atom. The molecule has 0 amide bonds. The van der Waals surface area contributed by atoms with Crippen molar-refractivity contribution < 1.29 is 0 Å². The maximum absolute atomic E-state index is 4.60. The Balaban J connectivity index is 2.40. The molecule has 0 aliphatic rings. The molecule has 0 aliphatic heterocycles. The van der Waals surface area contributed by atoms with E-state index in [1.807, 2.05) is 0 Å². The number of fused-ring (bicyclic) bond motifs is 1. The minimum atomic E-state index is 0.878. The summed E-state index contributed by atoms with van der Waals surface area (Å²) in [6, 6.07) is 2.18. The predicted octanol–water partition coefficient (Wildman–Crippen LogP) is 3.17. The fourth-order valence-electron chi connectivity index (χ4n) is 1.91. The fourth-order valence-corrected chi connectivity index (χ4v) is 1.91. The van der Waals surface area contributed by atoms with Gasteiger partial charge in [0.25, 0.3) is 0 Å². The third-order valence-electron chi connectivity index (χ3n) is 2.88. The van der Waals surface area contributed by atoms with Crippen molar-refractivity contribution in [3.05, 3.63) is 23.1 Å². The van der Waals surface area contributed by atoms with E-state index in [4.69, 9.17) is 0 Å². The molecule has 2 heterocycles. The number of nitrogens with one attached hydrogen (secondary N) is 1. The first-order chi connectivity index (χ1) is 7.74. The second kappa shape index (κ2) is 4.64. The van der Waals surface area contributed by atoms with Gasteiger partial charge >= 0.3 is 0 Å². The molecule has 0 aliphatic carbocycles. The molecule has 86 valence electrons. The first-order valence-electron chi connectivity index (χ1n) is 6.09. The zero-order valence-corrected chi connectivity index (χ0v) is 10.3. The van der Waals surface area contributed by atoms with Crippen molar-refractivity contribution >= 4 is 11.2 Å². The molecular formula is C13H19N3. The van der Waals surface area contributed by atoms with Crippen LogP contribution in [0.5, 0.6) is 0 Å². The van der Waals surface area contributed by atoms with Crippen LogP contribution in [0.3, 0.4) is 0 Å². The van der Waals surface area contributed by atoms with Crippen molar-refractivity contribution in [2.45, 2.75) is 46.5 Å². The van der Waals surface area contributed by atoms with Crippen LogP contribution in [0.2, 0.25) is 0 Å². The molecule has 3 nitrogen and oxygen atoms in total. The third kappa shape index (κ3) is 2.08. The van der Waals surface area contributed by atoms with Gasteiger partial charge in [-0.15, -0.1) is 0 Å². The molecule has 0 fully saturated rings. The van der Waals surface area contributed by atoms with E-state index in [1.165, 1.54) is 24.1 Å². The lowest BCUT2D eigenvalue weighted by atomic mass is 10.1. The zero-order valence-electron chi connectivity index (χ0n) is 10.3. The van der Waals surface area contributed by atoms with Gasteiger partial charge in [0.15, 0.2) is 5.65 Å². The SMILES string of the molecule is CCCCc1cc(C)c2[nH]c(CC)nc2n1. The minimum absolute atomic E-state index is 0.878. The number of pyridine rings is 1. The number of hydrogen-bond donors (Lipinski definition) is 1. The van der Waals surface area contributed by atoms with E-state index >= 15 is 0 Å². The quantitative estimate of drug-likeness (QED) is 0.854. The van der Waals surface area contributed by atoms with E-state index in [-0.39, 0.29) is 0 Å². The lowest BCUT2D eigenvalue weighted by molar-refractivity contribution is 0.778. The average molecular weight is 217 g/mol. The average Bonchev–Trinajstić information content (AvgIpc) is 2.70. The molecule has 1 N–H and O–H groups in total. The Kier molecular flexibility index (Phi) is 3.22. The van der Waals surface area contributed by atoms with E-state index in [0.29, 0.717) is 0 Å². The highest BCUT2D eigenvalue weighted by Gasteiger charge is 2.07. The van der Waals surface area contributed by atoms with E-state index in [0.717, 1.165) is 29.8 Å². The summed E-state index contributed by atoms with van der Waals surface area (Å²) in [4.78, 5) is 12.4. The molecule has 2 aromatic heterocycles. The largest absolute Gasteiger partial charge is 0.340 e. The van der Waals surface area contributed by atoms with Gasteiger partial charge < -0.3 is 4.98 Å². The molecular weight excluding hydrogens is 198 g/mol. The molecule has 0 bridgehead atoms. The molecule has 0 atom stereocenters. The summed E-state index contributed by atoms with van der Waals surface area (Å²) in [5, 5.41) is 0. The first kappa shape index (κ1) is 11.1. The minimum Gasteiger partial charge on any atom is -0.340 e. The van der Waals surface area contributed by atoms with Crippen LogP contribution in [-0.4, -0.2) is 15.0 Å². The highest BCUT2D eigenvalue weighted by Crippen LogP contribution is 2.16. The van der Waals surface area contributed by atoms with Gasteiger partial charge in [-0.1, -0.05) is 20.3 Å². The number of aromatic nitrogens is 3. The highest BCUT2D eigenvalue weighted by molar-refractivity contribution is 5.74. The fraction of sp³-hybridized carbons (Fsp3) is 0.538. The van der Waals surface area contributed by atoms with Crippen molar-refractivity contribution in [2.24, 2.45) is 0 Å². The van der Waals surface area contributed by atoms with Crippen LogP contribution in [0.1, 0.15) is 43.8 Å². The zero-order chi connectivity index (χ0) is 11.5. The van der Waals surface area contributed by atoms with E-state index in [2.05, 4.69) is 41.8 Å². The second-order valence-corrected chi connectivity index (χ2v) is 4.27. The van der Waals surface area contributed by atoms with Gasteiger partial charge in [0.1, 0.15) is 5.82 Å². The smallest absolute Gasteiger partial charge is 0.178 e. The van der Waals surface area contributed by atoms with Gasteiger partial charge in [0.05, 0.1) is 5.52 Å². The highest BCUT2D eigenvalue weighted by atomic mass is 15.0. The summed E-state index contributed by atoms with van der Waals surface area (Å²) in [7, 11) is 0. The molecule has 0 radical (unpaired) electrons. The van der Waals surface area contributed by atoms with Crippen molar-refractivity contribution in [3.8, 4) is 0 Å². The van der Waals surface area contributed by atoms with Crippen LogP contribution in [0.25, 0.3) is 11.2 Å². The lowest BCUT2D eigenvalue weighted by Gasteiger charge is -2.01. The Bertz CT molecular complexity index is 485. The lowest BCUT2D eigenvalue weighted by Crippen LogP contribution is -1.92. The van der Waals surface area contributed by atoms with Crippen LogP contribution in [-0.2, 0) is 12.8 Å². The van der Waals surface area contributed by atoms with Gasteiger partial charge in [0.2, 0.25) is 0 Å². The molecule has 0 saturated carbocycles. The standard InChI is InChI=1S/C13H19N3/c1-4-6-7-10-8-9(3)12-13(14-10)16-11(5-2)15-12/h8H,4-7H2,1-3H3,(H,14,15,16). The third-order valence-corrected chi connectivity index (χ3v) is 2.88. The predicted molar refractivity (Wildman–Crippen MR) is 66.6 cm³/mol. The summed E-state index contributed by atoms with van der Waals surface area (Å²) in [6.07, 6.45) is 4.39. The van der Waals surface area contributed by atoms with Crippen molar-refractivity contribution in [2.75, 3.05) is 0 Å². The molecule has 2 rings (SSSR count). The van der Waals surface area contributed by atoms with Gasteiger partial charge in [0, 0.05) is 12.1 Å². The second-order valence-electron chi connectivity index (χ2n) is 4.27. The summed E-state index contributed by atoms with van der Waals surface area (Å²) in [5.74, 6) is 1.03. The number of unbranched alkanes of at least 4 members (excludes halogenated alkanes) is 1. The topological polar surface area (TPSA) is 41.6 Å². The molecule has 0 spiro atoms. The molecule has 2 aromatic rings. The Morgan fingerprint density at radius 2 is 2.06 bits per heavy atom. The maximum Gasteiger partial charge on any atom is 0.178 e. The van der Waals surface area contributed by atoms with Crippen LogP contribution in [0, 0.1) is 6.92 Å². The summed E-state index contributed by atoms with van der Waals surface area (Å²) < 4.78 is 0.